The van der Waals surface area contributed by atoms with Gasteiger partial charge in [0.1, 0.15) is 11.4 Å². The molecule has 1 spiro atoms. The topological polar surface area (TPSA) is 35.9 Å². The molecular formula is C19H28N2O2. The number of benzene rings is 1. The normalized spacial score (nSPS) is 27.8. The van der Waals surface area contributed by atoms with Crippen molar-refractivity contribution in [3.8, 4) is 5.75 Å². The molecule has 3 aliphatic heterocycles. The largest absolute Gasteiger partial charge is 0.487 e. The maximum absolute atomic E-state index is 10.7. The predicted molar refractivity (Wildman–Crippen MR) is 90.6 cm³/mol. The summed E-state index contributed by atoms with van der Waals surface area (Å²) in [6, 6.07) is 6.43. The molecule has 4 rings (SSSR count). The Morgan fingerprint density at radius 2 is 1.91 bits per heavy atom. The molecule has 4 nitrogen and oxygen atoms in total. The van der Waals surface area contributed by atoms with Gasteiger partial charge >= 0.3 is 0 Å². The van der Waals surface area contributed by atoms with Crippen LogP contribution in [0.3, 0.4) is 0 Å². The zero-order chi connectivity index (χ0) is 15.9. The molecule has 0 aliphatic carbocycles. The lowest BCUT2D eigenvalue weighted by Gasteiger charge is -2.45. The second-order valence-electron chi connectivity index (χ2n) is 7.66. The minimum atomic E-state index is -0.388. The Balaban J connectivity index is 1.52. The van der Waals surface area contributed by atoms with Gasteiger partial charge in [0.15, 0.2) is 0 Å². The van der Waals surface area contributed by atoms with Gasteiger partial charge in [-0.25, -0.2) is 0 Å². The van der Waals surface area contributed by atoms with Gasteiger partial charge in [-0.05, 0) is 63.5 Å². The van der Waals surface area contributed by atoms with Crippen LogP contribution in [0, 0.1) is 0 Å². The lowest BCUT2D eigenvalue weighted by atomic mass is 9.81. The van der Waals surface area contributed by atoms with Gasteiger partial charge in [0, 0.05) is 31.6 Å². The van der Waals surface area contributed by atoms with Crippen LogP contribution in [0.25, 0.3) is 0 Å². The molecular weight excluding hydrogens is 288 g/mol. The molecule has 0 amide bonds. The van der Waals surface area contributed by atoms with E-state index in [2.05, 4.69) is 35.0 Å². The molecule has 2 fully saturated rings. The van der Waals surface area contributed by atoms with Crippen molar-refractivity contribution in [1.82, 2.24) is 9.80 Å². The number of ether oxygens (including phenoxy) is 1. The number of rotatable bonds is 2. The fraction of sp³-hybridized carbons (Fsp3) is 0.684. The molecule has 3 aliphatic rings. The molecule has 1 aromatic rings. The summed E-state index contributed by atoms with van der Waals surface area (Å²) in [6.07, 6.45) is 4.99. The van der Waals surface area contributed by atoms with Crippen LogP contribution in [0.15, 0.2) is 18.2 Å². The summed E-state index contributed by atoms with van der Waals surface area (Å²) in [5, 5.41) is 10.7. The minimum absolute atomic E-state index is 0.157. The first-order chi connectivity index (χ1) is 11.1. The molecule has 2 saturated heterocycles. The van der Waals surface area contributed by atoms with E-state index < -0.39 is 0 Å². The zero-order valence-corrected chi connectivity index (χ0v) is 14.1. The van der Waals surface area contributed by atoms with Crippen molar-refractivity contribution in [1.29, 1.82) is 0 Å². The van der Waals surface area contributed by atoms with Crippen molar-refractivity contribution in [2.24, 2.45) is 0 Å². The Morgan fingerprint density at radius 1 is 1.17 bits per heavy atom. The standard InChI is InChI=1S/C19H28N2O2/c1-20-10-6-19(7-11-20)13-17(22)16-12-15(4-5-18(16)23-19)14-21-8-2-3-9-21/h4-5,12,17,22H,2-3,6-11,13-14H2,1H3. The summed E-state index contributed by atoms with van der Waals surface area (Å²) >= 11 is 0. The van der Waals surface area contributed by atoms with E-state index in [1.54, 1.807) is 0 Å². The van der Waals surface area contributed by atoms with E-state index in [4.69, 9.17) is 4.74 Å². The summed E-state index contributed by atoms with van der Waals surface area (Å²) in [5.41, 5.74) is 2.13. The highest BCUT2D eigenvalue weighted by molar-refractivity contribution is 5.41. The Labute approximate surface area is 139 Å². The summed E-state index contributed by atoms with van der Waals surface area (Å²) in [5.74, 6) is 0.901. The number of fused-ring (bicyclic) bond motifs is 1. The molecule has 0 aromatic heterocycles. The van der Waals surface area contributed by atoms with Crippen molar-refractivity contribution in [2.45, 2.75) is 50.4 Å². The fourth-order valence-electron chi connectivity index (χ4n) is 4.32. The number of aliphatic hydroxyl groups is 1. The molecule has 0 bridgehead atoms. The monoisotopic (exact) mass is 316 g/mol. The molecule has 126 valence electrons. The smallest absolute Gasteiger partial charge is 0.125 e. The lowest BCUT2D eigenvalue weighted by molar-refractivity contribution is -0.0504. The second-order valence-corrected chi connectivity index (χ2v) is 7.66. The maximum atomic E-state index is 10.7. The quantitative estimate of drug-likeness (QED) is 0.910. The van der Waals surface area contributed by atoms with Crippen LogP contribution in [0.1, 0.15) is 49.3 Å². The highest BCUT2D eigenvalue weighted by Gasteiger charge is 2.42. The maximum Gasteiger partial charge on any atom is 0.125 e. The SMILES string of the molecule is CN1CCC2(CC1)CC(O)c1cc(CN3CCCC3)ccc1O2. The van der Waals surface area contributed by atoms with E-state index in [1.807, 2.05) is 0 Å². The molecule has 1 N–H and O–H groups in total. The number of aliphatic hydroxyl groups excluding tert-OH is 1. The zero-order valence-electron chi connectivity index (χ0n) is 14.1. The predicted octanol–water partition coefficient (Wildman–Crippen LogP) is 2.56. The highest BCUT2D eigenvalue weighted by atomic mass is 16.5. The van der Waals surface area contributed by atoms with Gasteiger partial charge in [0.05, 0.1) is 6.10 Å². The van der Waals surface area contributed by atoms with Crippen LogP contribution < -0.4 is 4.74 Å². The molecule has 0 radical (unpaired) electrons. The summed E-state index contributed by atoms with van der Waals surface area (Å²) < 4.78 is 6.40. The fourth-order valence-corrected chi connectivity index (χ4v) is 4.32. The molecule has 1 aromatic carbocycles. The van der Waals surface area contributed by atoms with Gasteiger partial charge in [0.25, 0.3) is 0 Å². The van der Waals surface area contributed by atoms with E-state index in [0.29, 0.717) is 0 Å². The number of piperidine rings is 1. The van der Waals surface area contributed by atoms with E-state index in [1.165, 1.54) is 31.5 Å². The van der Waals surface area contributed by atoms with E-state index in [9.17, 15) is 5.11 Å². The molecule has 1 atom stereocenters. The average molecular weight is 316 g/mol. The minimum Gasteiger partial charge on any atom is -0.487 e. The van der Waals surface area contributed by atoms with E-state index in [0.717, 1.165) is 50.2 Å². The van der Waals surface area contributed by atoms with Crippen LogP contribution in [0.5, 0.6) is 5.75 Å². The highest BCUT2D eigenvalue weighted by Crippen LogP contribution is 2.44. The van der Waals surface area contributed by atoms with Crippen molar-refractivity contribution >= 4 is 0 Å². The molecule has 1 unspecified atom stereocenters. The summed E-state index contributed by atoms with van der Waals surface area (Å²) in [6.45, 7) is 5.50. The molecule has 0 saturated carbocycles. The third-order valence-corrected chi connectivity index (χ3v) is 5.83. The van der Waals surface area contributed by atoms with Gasteiger partial charge in [-0.1, -0.05) is 6.07 Å². The van der Waals surface area contributed by atoms with Crippen LogP contribution in [-0.4, -0.2) is 53.7 Å². The second kappa shape index (κ2) is 6.08. The first-order valence-corrected chi connectivity index (χ1v) is 9.04. The van der Waals surface area contributed by atoms with Gasteiger partial charge in [0.2, 0.25) is 0 Å². The number of hydrogen-bond donors (Lipinski definition) is 1. The van der Waals surface area contributed by atoms with Gasteiger partial charge in [-0.2, -0.15) is 0 Å². The van der Waals surface area contributed by atoms with Gasteiger partial charge in [-0.3, -0.25) is 4.90 Å². The van der Waals surface area contributed by atoms with Crippen molar-refractivity contribution in [3.63, 3.8) is 0 Å². The van der Waals surface area contributed by atoms with E-state index in [-0.39, 0.29) is 11.7 Å². The Bertz CT molecular complexity index is 560. The van der Waals surface area contributed by atoms with Crippen molar-refractivity contribution in [3.05, 3.63) is 29.3 Å². The number of likely N-dealkylation sites (tertiary alicyclic amines) is 2. The first kappa shape index (κ1) is 15.4. The van der Waals surface area contributed by atoms with Crippen LogP contribution in [-0.2, 0) is 6.54 Å². The Morgan fingerprint density at radius 3 is 2.65 bits per heavy atom. The third-order valence-electron chi connectivity index (χ3n) is 5.83. The third kappa shape index (κ3) is 3.12. The summed E-state index contributed by atoms with van der Waals surface area (Å²) in [7, 11) is 2.16. The first-order valence-electron chi connectivity index (χ1n) is 9.04. The number of nitrogens with zero attached hydrogens (tertiary/aromatic N) is 2. The average Bonchev–Trinajstić information content (AvgIpc) is 3.04. The Kier molecular flexibility index (Phi) is 4.08. The van der Waals surface area contributed by atoms with Crippen molar-refractivity contribution in [2.75, 3.05) is 33.2 Å². The van der Waals surface area contributed by atoms with Gasteiger partial charge < -0.3 is 14.7 Å². The summed E-state index contributed by atoms with van der Waals surface area (Å²) in [4.78, 5) is 4.84. The number of hydrogen-bond acceptors (Lipinski definition) is 4. The van der Waals surface area contributed by atoms with Crippen molar-refractivity contribution < 1.29 is 9.84 Å². The molecule has 23 heavy (non-hydrogen) atoms. The Hall–Kier alpha value is -1.10. The van der Waals surface area contributed by atoms with Gasteiger partial charge in [-0.15, -0.1) is 0 Å². The van der Waals surface area contributed by atoms with E-state index >= 15 is 0 Å². The lowest BCUT2D eigenvalue weighted by Crippen LogP contribution is -2.49. The van der Waals surface area contributed by atoms with Crippen LogP contribution in [0.4, 0.5) is 0 Å². The molecule has 3 heterocycles. The van der Waals surface area contributed by atoms with Crippen LogP contribution in [0.2, 0.25) is 0 Å². The molecule has 4 heteroatoms. The van der Waals surface area contributed by atoms with Crippen LogP contribution >= 0.6 is 0 Å².